The number of hydrogen-bond donors (Lipinski definition) is 4. The van der Waals surface area contributed by atoms with Gasteiger partial charge in [0.15, 0.2) is 0 Å². The van der Waals surface area contributed by atoms with Crippen LogP contribution in [0, 0.1) is 0 Å². The molecular formula is C10H16Cl3N2O8Ru. The molecule has 0 rings (SSSR count). The van der Waals surface area contributed by atoms with Crippen molar-refractivity contribution < 1.29 is 96.3 Å². The van der Waals surface area contributed by atoms with Crippen LogP contribution in [-0.4, -0.2) is 93.4 Å². The van der Waals surface area contributed by atoms with Crippen LogP contribution in [-0.2, 0) is 38.7 Å². The number of hydrogen-bond acceptors (Lipinski definition) is 6. The molecule has 0 spiro atoms. The van der Waals surface area contributed by atoms with E-state index in [2.05, 4.69) is 0 Å². The van der Waals surface area contributed by atoms with E-state index in [-0.39, 0.29) is 69.8 Å². The molecule has 0 aromatic heterocycles. The van der Waals surface area contributed by atoms with Crippen LogP contribution in [0.2, 0.25) is 0 Å². The van der Waals surface area contributed by atoms with Crippen LogP contribution < -0.4 is 37.2 Å². The van der Waals surface area contributed by atoms with Crippen LogP contribution in [0.25, 0.3) is 0 Å². The summed E-state index contributed by atoms with van der Waals surface area (Å²) < 4.78 is 0. The molecule has 24 heavy (non-hydrogen) atoms. The summed E-state index contributed by atoms with van der Waals surface area (Å²) in [6.07, 6.45) is 0. The molecule has 0 aliphatic heterocycles. The van der Waals surface area contributed by atoms with E-state index in [0.717, 1.165) is 9.80 Å². The van der Waals surface area contributed by atoms with Crippen LogP contribution in [0.4, 0.5) is 0 Å². The third kappa shape index (κ3) is 21.3. The average molecular weight is 500 g/mol. The summed E-state index contributed by atoms with van der Waals surface area (Å²) in [6.45, 7) is -2.25. The van der Waals surface area contributed by atoms with Gasteiger partial charge in [0.1, 0.15) is 0 Å². The second kappa shape index (κ2) is 18.6. The van der Waals surface area contributed by atoms with Crippen LogP contribution in [0.15, 0.2) is 0 Å². The smallest absolute Gasteiger partial charge is 1.00 e. The molecule has 14 heteroatoms. The standard InChI is InChI=1S/C10H16N2O8.3ClH.Ru/c13-7(14)3-11(4-8(15)16)1-2-12(5-9(17)18)6-10(19)20;;;;/h1-6H2,(H,13,14)(H,15,16)(H,17,18)(H,19,20);3*1H;/q;;;;+3/p-3. The molecule has 0 atom stereocenters. The topological polar surface area (TPSA) is 156 Å². The summed E-state index contributed by atoms with van der Waals surface area (Å²) in [5.41, 5.74) is 0. The van der Waals surface area contributed by atoms with Crippen LogP contribution >= 0.6 is 0 Å². The van der Waals surface area contributed by atoms with Crippen molar-refractivity contribution in [3.63, 3.8) is 0 Å². The zero-order valence-corrected chi connectivity index (χ0v) is 16.1. The summed E-state index contributed by atoms with van der Waals surface area (Å²) in [5, 5.41) is 34.5. The van der Waals surface area contributed by atoms with Gasteiger partial charge in [-0.15, -0.1) is 0 Å². The van der Waals surface area contributed by atoms with Gasteiger partial charge >= 0.3 is 43.4 Å². The Hall–Kier alpha value is -0.707. The molecule has 1 radical (unpaired) electrons. The normalized spacial score (nSPS) is 8.92. The third-order valence-corrected chi connectivity index (χ3v) is 2.17. The Bertz CT molecular complexity index is 334. The summed E-state index contributed by atoms with van der Waals surface area (Å²) in [6, 6.07) is 0. The second-order valence-electron chi connectivity index (χ2n) is 4.00. The summed E-state index contributed by atoms with van der Waals surface area (Å²) in [5.74, 6) is -4.91. The Morgan fingerprint density at radius 3 is 0.833 bits per heavy atom. The molecule has 0 aromatic carbocycles. The van der Waals surface area contributed by atoms with E-state index in [1.807, 2.05) is 0 Å². The maximum atomic E-state index is 10.6. The molecular weight excluding hydrogens is 484 g/mol. The molecule has 143 valence electrons. The quantitative estimate of drug-likeness (QED) is 0.201. The number of halogens is 3. The molecule has 0 aliphatic rings. The van der Waals surface area contributed by atoms with Crippen molar-refractivity contribution in [3.8, 4) is 0 Å². The Labute approximate surface area is 169 Å². The maximum absolute atomic E-state index is 10.6. The molecule has 0 fully saturated rings. The number of rotatable bonds is 11. The van der Waals surface area contributed by atoms with Crippen molar-refractivity contribution in [2.24, 2.45) is 0 Å². The minimum Gasteiger partial charge on any atom is -1.00 e. The Morgan fingerprint density at radius 2 is 0.708 bits per heavy atom. The monoisotopic (exact) mass is 499 g/mol. The van der Waals surface area contributed by atoms with E-state index in [9.17, 15) is 19.2 Å². The number of nitrogens with zero attached hydrogens (tertiary/aromatic N) is 2. The van der Waals surface area contributed by atoms with Gasteiger partial charge in [-0.3, -0.25) is 29.0 Å². The minimum absolute atomic E-state index is 0. The van der Waals surface area contributed by atoms with Gasteiger partial charge in [0.25, 0.3) is 0 Å². The fraction of sp³-hybridized carbons (Fsp3) is 0.600. The summed E-state index contributed by atoms with van der Waals surface area (Å²) in [4.78, 5) is 44.4. The van der Waals surface area contributed by atoms with E-state index >= 15 is 0 Å². The van der Waals surface area contributed by atoms with Gasteiger partial charge < -0.3 is 57.6 Å². The predicted molar refractivity (Wildman–Crippen MR) is 63.4 cm³/mol. The summed E-state index contributed by atoms with van der Waals surface area (Å²) in [7, 11) is 0. The zero-order chi connectivity index (χ0) is 15.7. The van der Waals surface area contributed by atoms with Crippen LogP contribution in [0.1, 0.15) is 0 Å². The van der Waals surface area contributed by atoms with Crippen molar-refractivity contribution in [2.45, 2.75) is 0 Å². The first-order valence-corrected chi connectivity index (χ1v) is 5.52. The van der Waals surface area contributed by atoms with E-state index < -0.39 is 50.1 Å². The average Bonchev–Trinajstić information content (AvgIpc) is 2.22. The molecule has 0 aliphatic carbocycles. The van der Waals surface area contributed by atoms with Gasteiger partial charge in [0.05, 0.1) is 26.2 Å². The van der Waals surface area contributed by atoms with Gasteiger partial charge in [0, 0.05) is 13.1 Å². The van der Waals surface area contributed by atoms with Gasteiger partial charge in [-0.05, 0) is 0 Å². The Balaban J connectivity index is -0.000000301. The third-order valence-electron chi connectivity index (χ3n) is 2.17. The predicted octanol–water partition coefficient (Wildman–Crippen LogP) is -11.1. The second-order valence-corrected chi connectivity index (χ2v) is 4.00. The molecule has 0 aromatic rings. The minimum atomic E-state index is -1.23. The largest absolute Gasteiger partial charge is 3.00 e. The SMILES string of the molecule is O=C(O)CN(CCN(CC(=O)O)CC(=O)O)CC(=O)O.[Cl-].[Cl-].[Cl-].[Ru+3]. The fourth-order valence-electron chi connectivity index (χ4n) is 1.48. The molecule has 0 amide bonds. The molecule has 0 unspecified atom stereocenters. The van der Waals surface area contributed by atoms with E-state index in [4.69, 9.17) is 20.4 Å². The van der Waals surface area contributed by atoms with Crippen molar-refractivity contribution in [1.29, 1.82) is 0 Å². The van der Waals surface area contributed by atoms with Crippen molar-refractivity contribution >= 4 is 23.9 Å². The molecule has 0 heterocycles. The van der Waals surface area contributed by atoms with Crippen molar-refractivity contribution in [3.05, 3.63) is 0 Å². The molecule has 0 saturated carbocycles. The van der Waals surface area contributed by atoms with Crippen LogP contribution in [0.3, 0.4) is 0 Å². The van der Waals surface area contributed by atoms with Gasteiger partial charge in [0.2, 0.25) is 0 Å². The number of carboxylic acids is 4. The van der Waals surface area contributed by atoms with E-state index in [1.165, 1.54) is 0 Å². The van der Waals surface area contributed by atoms with E-state index in [0.29, 0.717) is 0 Å². The zero-order valence-electron chi connectivity index (χ0n) is 12.0. The molecule has 0 bridgehead atoms. The number of carbonyl (C=O) groups is 4. The van der Waals surface area contributed by atoms with E-state index in [1.54, 1.807) is 0 Å². The first-order chi connectivity index (χ1) is 9.20. The molecule has 0 saturated heterocycles. The van der Waals surface area contributed by atoms with Gasteiger partial charge in [-0.1, -0.05) is 0 Å². The first kappa shape index (κ1) is 34.6. The fourth-order valence-corrected chi connectivity index (χ4v) is 1.48. The van der Waals surface area contributed by atoms with Gasteiger partial charge in [-0.25, -0.2) is 0 Å². The first-order valence-electron chi connectivity index (χ1n) is 5.52. The van der Waals surface area contributed by atoms with Crippen molar-refractivity contribution in [1.82, 2.24) is 9.80 Å². The molecule has 4 N–H and O–H groups in total. The van der Waals surface area contributed by atoms with Crippen LogP contribution in [0.5, 0.6) is 0 Å². The Kier molecular flexibility index (Phi) is 26.9. The maximum Gasteiger partial charge on any atom is 3.00 e. The van der Waals surface area contributed by atoms with Crippen molar-refractivity contribution in [2.75, 3.05) is 39.3 Å². The Morgan fingerprint density at radius 1 is 0.542 bits per heavy atom. The number of aliphatic carboxylic acids is 4. The number of carboxylic acid groups (broad SMARTS) is 4. The van der Waals surface area contributed by atoms with Gasteiger partial charge in [-0.2, -0.15) is 0 Å². The summed E-state index contributed by atoms with van der Waals surface area (Å²) >= 11 is 0. The molecule has 10 nitrogen and oxygen atoms in total.